The highest BCUT2D eigenvalue weighted by Gasteiger charge is 2.20. The first-order chi connectivity index (χ1) is 25.7. The highest BCUT2D eigenvalue weighted by atomic mass is 35.5. The number of rotatable bonds is 16. The summed E-state index contributed by atoms with van der Waals surface area (Å²) in [5, 5.41) is 23.6. The summed E-state index contributed by atoms with van der Waals surface area (Å²) in [4.78, 5) is 12.8. The quantitative estimate of drug-likeness (QED) is 0.103. The van der Waals surface area contributed by atoms with Gasteiger partial charge in [0.25, 0.3) is 0 Å². The fraction of sp³-hybridized carbons (Fsp3) is 0.366. The standard InChI is InChI=1S/C41H45ClN6O5/c1-27-32(8-5-9-35(27)36-10-6-11-38(28(36)2)50-15-7-13-48-14-12-34(49)23-48)26-52-40-18-39(51-25-31-16-30(19-43)20-44-21-31)33(17-37(40)42)22-47(4)24-41-45-29(3)53-46-41/h5-6,8-11,16-18,20-21,34,49H,7,12-15,22-26H2,1-4H3. The summed E-state index contributed by atoms with van der Waals surface area (Å²) in [6, 6.07) is 20.0. The van der Waals surface area contributed by atoms with Crippen molar-refractivity contribution in [1.82, 2.24) is 24.9 Å². The smallest absolute Gasteiger partial charge is 0.223 e. The van der Waals surface area contributed by atoms with Crippen LogP contribution < -0.4 is 14.2 Å². The molecule has 1 fully saturated rings. The summed E-state index contributed by atoms with van der Waals surface area (Å²) in [6.07, 6.45) is 4.75. The van der Waals surface area contributed by atoms with E-state index in [0.29, 0.717) is 60.1 Å². The molecular formula is C41H45ClN6O5. The SMILES string of the molecule is Cc1nc(CN(C)Cc2cc(Cl)c(OCc3cccc(-c4cccc(OCCCN5CCC(O)C5)c4C)c3C)cc2OCc2cncc(C#N)c2)no1. The van der Waals surface area contributed by atoms with Crippen LogP contribution in [-0.4, -0.2) is 69.4 Å². The molecule has 11 nitrogen and oxygen atoms in total. The first kappa shape index (κ1) is 37.8. The Labute approximate surface area is 315 Å². The maximum atomic E-state index is 9.80. The first-order valence-corrected chi connectivity index (χ1v) is 18.2. The number of ether oxygens (including phenoxy) is 3. The highest BCUT2D eigenvalue weighted by molar-refractivity contribution is 6.32. The van der Waals surface area contributed by atoms with Gasteiger partial charge in [0.05, 0.1) is 29.8 Å². The fourth-order valence-corrected chi connectivity index (χ4v) is 6.80. The molecular weight excluding hydrogens is 692 g/mol. The summed E-state index contributed by atoms with van der Waals surface area (Å²) in [5.41, 5.74) is 7.51. The van der Waals surface area contributed by atoms with Crippen molar-refractivity contribution < 1.29 is 23.8 Å². The van der Waals surface area contributed by atoms with Crippen molar-refractivity contribution in [2.24, 2.45) is 0 Å². The molecule has 5 aromatic rings. The Morgan fingerprint density at radius 2 is 1.74 bits per heavy atom. The van der Waals surface area contributed by atoms with Crippen LogP contribution in [0.3, 0.4) is 0 Å². The van der Waals surface area contributed by atoms with Gasteiger partial charge in [-0.25, -0.2) is 0 Å². The Hall–Kier alpha value is -4.99. The van der Waals surface area contributed by atoms with Gasteiger partial charge in [-0.05, 0) is 79.8 Å². The number of nitrogens with zero attached hydrogens (tertiary/aromatic N) is 6. The van der Waals surface area contributed by atoms with Crippen LogP contribution in [0.25, 0.3) is 11.1 Å². The summed E-state index contributed by atoms with van der Waals surface area (Å²) < 4.78 is 24.1. The van der Waals surface area contributed by atoms with E-state index in [-0.39, 0.29) is 12.7 Å². The zero-order chi connectivity index (χ0) is 37.3. The normalized spacial score (nSPS) is 14.4. The van der Waals surface area contributed by atoms with E-state index in [1.165, 1.54) is 6.20 Å². The van der Waals surface area contributed by atoms with Crippen LogP contribution in [0, 0.1) is 32.1 Å². The van der Waals surface area contributed by atoms with Crippen LogP contribution in [0.1, 0.15) is 57.9 Å². The van der Waals surface area contributed by atoms with Crippen molar-refractivity contribution >= 4 is 11.6 Å². The number of β-amino-alcohol motifs (C(OH)–C–C–N with tert-alkyl or cyclic N) is 1. The minimum atomic E-state index is -0.205. The molecule has 0 amide bonds. The van der Waals surface area contributed by atoms with Crippen LogP contribution in [0.4, 0.5) is 0 Å². The zero-order valence-corrected chi connectivity index (χ0v) is 31.4. The maximum absolute atomic E-state index is 9.80. The Bertz CT molecular complexity index is 2060. The van der Waals surface area contributed by atoms with Crippen LogP contribution in [-0.2, 0) is 26.3 Å². The van der Waals surface area contributed by atoms with Gasteiger partial charge in [-0.1, -0.05) is 47.1 Å². The third-order valence-corrected chi connectivity index (χ3v) is 9.68. The van der Waals surface area contributed by atoms with Crippen molar-refractivity contribution in [2.45, 2.75) is 66.0 Å². The molecule has 1 saturated heterocycles. The van der Waals surface area contributed by atoms with Crippen LogP contribution in [0.15, 0.2) is 71.5 Å². The second-order valence-electron chi connectivity index (χ2n) is 13.5. The zero-order valence-electron chi connectivity index (χ0n) is 30.6. The molecule has 53 heavy (non-hydrogen) atoms. The lowest BCUT2D eigenvalue weighted by Gasteiger charge is -2.20. The number of nitriles is 1. The molecule has 0 saturated carbocycles. The third-order valence-electron chi connectivity index (χ3n) is 9.38. The third kappa shape index (κ3) is 9.91. The number of aryl methyl sites for hydroxylation is 1. The molecule has 0 radical (unpaired) electrons. The van der Waals surface area contributed by atoms with E-state index >= 15 is 0 Å². The van der Waals surface area contributed by atoms with E-state index in [9.17, 15) is 10.4 Å². The lowest BCUT2D eigenvalue weighted by molar-refractivity contribution is 0.173. The summed E-state index contributed by atoms with van der Waals surface area (Å²) in [5.74, 6) is 3.05. The van der Waals surface area contributed by atoms with Crippen LogP contribution in [0.5, 0.6) is 17.2 Å². The van der Waals surface area contributed by atoms with Gasteiger partial charge in [0.15, 0.2) is 5.82 Å². The summed E-state index contributed by atoms with van der Waals surface area (Å²) in [6.45, 7) is 10.7. The lowest BCUT2D eigenvalue weighted by Crippen LogP contribution is -2.24. The molecule has 1 aliphatic heterocycles. The number of hydrogen-bond acceptors (Lipinski definition) is 11. The maximum Gasteiger partial charge on any atom is 0.223 e. The van der Waals surface area contributed by atoms with E-state index < -0.39 is 0 Å². The van der Waals surface area contributed by atoms with Gasteiger partial charge >= 0.3 is 0 Å². The minimum Gasteiger partial charge on any atom is -0.493 e. The van der Waals surface area contributed by atoms with Gasteiger partial charge in [-0.2, -0.15) is 10.2 Å². The number of hydrogen-bond donors (Lipinski definition) is 1. The number of aliphatic hydroxyl groups excluding tert-OH is 1. The average Bonchev–Trinajstić information content (AvgIpc) is 3.76. The molecule has 1 atom stereocenters. The summed E-state index contributed by atoms with van der Waals surface area (Å²) >= 11 is 6.86. The average molecular weight is 737 g/mol. The molecule has 276 valence electrons. The molecule has 2 aromatic heterocycles. The predicted octanol–water partition coefficient (Wildman–Crippen LogP) is 7.21. The Kier molecular flexibility index (Phi) is 12.6. The van der Waals surface area contributed by atoms with E-state index in [1.807, 2.05) is 42.3 Å². The fourth-order valence-electron chi connectivity index (χ4n) is 6.56. The van der Waals surface area contributed by atoms with Crippen LogP contribution in [0.2, 0.25) is 5.02 Å². The van der Waals surface area contributed by atoms with Crippen LogP contribution >= 0.6 is 11.6 Å². The summed E-state index contributed by atoms with van der Waals surface area (Å²) in [7, 11) is 1.95. The van der Waals surface area contributed by atoms with E-state index in [2.05, 4.69) is 58.1 Å². The van der Waals surface area contributed by atoms with E-state index in [1.54, 1.807) is 19.2 Å². The van der Waals surface area contributed by atoms with Crippen molar-refractivity contribution in [3.63, 3.8) is 0 Å². The molecule has 1 aliphatic rings. The molecule has 3 heterocycles. The number of halogens is 1. The molecule has 6 rings (SSSR count). The highest BCUT2D eigenvalue weighted by Crippen LogP contribution is 2.37. The van der Waals surface area contributed by atoms with Gasteiger partial charge in [-0.15, -0.1) is 0 Å². The number of aliphatic hydroxyl groups is 1. The molecule has 12 heteroatoms. The number of likely N-dealkylation sites (tertiary alicyclic amines) is 1. The van der Waals surface area contributed by atoms with Gasteiger partial charge < -0.3 is 28.7 Å². The number of benzene rings is 3. The molecule has 0 spiro atoms. The monoisotopic (exact) mass is 736 g/mol. The Morgan fingerprint density at radius 1 is 0.943 bits per heavy atom. The largest absolute Gasteiger partial charge is 0.493 e. The molecule has 0 aliphatic carbocycles. The second kappa shape index (κ2) is 17.7. The van der Waals surface area contributed by atoms with Crippen molar-refractivity contribution in [3.05, 3.63) is 117 Å². The topological polar surface area (TPSA) is 130 Å². The van der Waals surface area contributed by atoms with E-state index in [4.69, 9.17) is 30.3 Å². The minimum absolute atomic E-state index is 0.205. The second-order valence-corrected chi connectivity index (χ2v) is 13.9. The van der Waals surface area contributed by atoms with Gasteiger partial charge in [0.2, 0.25) is 5.89 Å². The Morgan fingerprint density at radius 3 is 2.49 bits per heavy atom. The first-order valence-electron chi connectivity index (χ1n) is 17.8. The van der Waals surface area contributed by atoms with Gasteiger partial charge in [-0.3, -0.25) is 9.88 Å². The Balaban J connectivity index is 1.17. The molecule has 1 N–H and O–H groups in total. The number of aromatic nitrogens is 3. The molecule has 1 unspecified atom stereocenters. The predicted molar refractivity (Wildman–Crippen MR) is 202 cm³/mol. The van der Waals surface area contributed by atoms with Crippen molar-refractivity contribution in [3.8, 4) is 34.4 Å². The van der Waals surface area contributed by atoms with Gasteiger partial charge in [0, 0.05) is 62.7 Å². The number of pyridine rings is 1. The molecule has 0 bridgehead atoms. The molecule has 3 aromatic carbocycles. The van der Waals surface area contributed by atoms with Crippen molar-refractivity contribution in [1.29, 1.82) is 5.26 Å². The van der Waals surface area contributed by atoms with Gasteiger partial charge in [0.1, 0.15) is 36.5 Å². The van der Waals surface area contributed by atoms with E-state index in [0.717, 1.165) is 77.2 Å². The van der Waals surface area contributed by atoms with Crippen molar-refractivity contribution in [2.75, 3.05) is 33.3 Å². The lowest BCUT2D eigenvalue weighted by atomic mass is 9.93.